The number of ether oxygens (including phenoxy) is 1. The van der Waals surface area contributed by atoms with Crippen molar-refractivity contribution in [2.75, 3.05) is 31.3 Å². The number of morpholine rings is 1. The summed E-state index contributed by atoms with van der Waals surface area (Å²) in [5.41, 5.74) is 5.32. The topological polar surface area (TPSA) is 102 Å². The second-order valence-electron chi connectivity index (χ2n) is 3.71. The molecule has 0 radical (unpaired) electrons. The van der Waals surface area contributed by atoms with Crippen molar-refractivity contribution in [2.45, 2.75) is 6.04 Å². The molecule has 3 N–H and O–H groups in total. The number of nitrogens with zero attached hydrogens (tertiary/aromatic N) is 3. The van der Waals surface area contributed by atoms with Gasteiger partial charge < -0.3 is 20.5 Å². The predicted molar refractivity (Wildman–Crippen MR) is 59.6 cm³/mol. The van der Waals surface area contributed by atoms with Crippen molar-refractivity contribution in [3.63, 3.8) is 0 Å². The quantitative estimate of drug-likeness (QED) is 0.684. The Balaban J connectivity index is 2.25. The first-order chi connectivity index (χ1) is 8.22. The van der Waals surface area contributed by atoms with Crippen LogP contribution in [-0.2, 0) is 4.74 Å². The number of hydrogen-bond donors (Lipinski definition) is 2. The molecule has 1 saturated heterocycles. The number of aliphatic hydroxyl groups excluding tert-OH is 1. The van der Waals surface area contributed by atoms with Crippen LogP contribution in [-0.4, -0.2) is 53.4 Å². The highest BCUT2D eigenvalue weighted by molar-refractivity contribution is 5.90. The molecule has 0 bridgehead atoms. The Morgan fingerprint density at radius 3 is 3.24 bits per heavy atom. The Kier molecular flexibility index (Phi) is 3.50. The molecule has 2 rings (SSSR count). The van der Waals surface area contributed by atoms with Crippen LogP contribution in [0.2, 0.25) is 0 Å². The van der Waals surface area contributed by atoms with Gasteiger partial charge in [0.15, 0.2) is 0 Å². The Bertz CT molecular complexity index is 412. The number of aromatic nitrogens is 2. The zero-order valence-electron chi connectivity index (χ0n) is 9.24. The van der Waals surface area contributed by atoms with E-state index in [9.17, 15) is 9.90 Å². The summed E-state index contributed by atoms with van der Waals surface area (Å²) in [4.78, 5) is 21.0. The largest absolute Gasteiger partial charge is 0.394 e. The second-order valence-corrected chi connectivity index (χ2v) is 3.71. The van der Waals surface area contributed by atoms with Crippen molar-refractivity contribution in [1.82, 2.24) is 9.97 Å². The van der Waals surface area contributed by atoms with Crippen LogP contribution in [0.4, 0.5) is 5.95 Å². The van der Waals surface area contributed by atoms with Crippen molar-refractivity contribution in [1.29, 1.82) is 0 Å². The van der Waals surface area contributed by atoms with E-state index < -0.39 is 5.91 Å². The van der Waals surface area contributed by atoms with Gasteiger partial charge in [-0.15, -0.1) is 0 Å². The van der Waals surface area contributed by atoms with Crippen LogP contribution in [0, 0.1) is 0 Å². The molecule has 0 aliphatic carbocycles. The molecule has 0 saturated carbocycles. The number of amides is 1. The van der Waals surface area contributed by atoms with Gasteiger partial charge in [-0.25, -0.2) is 9.97 Å². The molecular weight excluding hydrogens is 224 g/mol. The van der Waals surface area contributed by atoms with E-state index in [1.165, 1.54) is 12.3 Å². The summed E-state index contributed by atoms with van der Waals surface area (Å²) in [5.74, 6) is -0.203. The van der Waals surface area contributed by atoms with E-state index >= 15 is 0 Å². The number of hydrogen-bond acceptors (Lipinski definition) is 6. The maximum absolute atomic E-state index is 11.0. The molecule has 92 valence electrons. The molecule has 1 atom stereocenters. The highest BCUT2D eigenvalue weighted by atomic mass is 16.5. The molecule has 0 spiro atoms. The maximum Gasteiger partial charge on any atom is 0.267 e. The van der Waals surface area contributed by atoms with Gasteiger partial charge in [0.1, 0.15) is 5.69 Å². The molecule has 1 aromatic heterocycles. The molecule has 1 aromatic rings. The molecule has 2 heterocycles. The minimum Gasteiger partial charge on any atom is -0.394 e. The van der Waals surface area contributed by atoms with Gasteiger partial charge in [-0.2, -0.15) is 0 Å². The fraction of sp³-hybridized carbons (Fsp3) is 0.500. The summed E-state index contributed by atoms with van der Waals surface area (Å²) < 4.78 is 5.25. The SMILES string of the molecule is NC(=O)c1ccnc(N2CCOCC2CO)n1. The van der Waals surface area contributed by atoms with Gasteiger partial charge in [0, 0.05) is 12.7 Å². The lowest BCUT2D eigenvalue weighted by atomic mass is 10.2. The Hall–Kier alpha value is -1.73. The van der Waals surface area contributed by atoms with E-state index in [1.54, 1.807) is 0 Å². The zero-order chi connectivity index (χ0) is 12.3. The third-order valence-electron chi connectivity index (χ3n) is 2.59. The smallest absolute Gasteiger partial charge is 0.267 e. The lowest BCUT2D eigenvalue weighted by Gasteiger charge is -2.34. The number of carbonyl (C=O) groups is 1. The monoisotopic (exact) mass is 238 g/mol. The summed E-state index contributed by atoms with van der Waals surface area (Å²) in [6.07, 6.45) is 1.48. The van der Waals surface area contributed by atoms with Gasteiger partial charge in [-0.05, 0) is 6.07 Å². The molecule has 1 amide bonds. The lowest BCUT2D eigenvalue weighted by Crippen LogP contribution is -2.48. The van der Waals surface area contributed by atoms with E-state index in [1.807, 2.05) is 4.90 Å². The number of carbonyl (C=O) groups excluding carboxylic acids is 1. The predicted octanol–water partition coefficient (Wildman–Crippen LogP) is -1.23. The third-order valence-corrected chi connectivity index (χ3v) is 2.59. The van der Waals surface area contributed by atoms with E-state index in [-0.39, 0.29) is 18.3 Å². The van der Waals surface area contributed by atoms with Crippen LogP contribution in [0.1, 0.15) is 10.5 Å². The maximum atomic E-state index is 11.0. The van der Waals surface area contributed by atoms with Gasteiger partial charge in [-0.1, -0.05) is 0 Å². The van der Waals surface area contributed by atoms with Gasteiger partial charge in [-0.3, -0.25) is 4.79 Å². The molecule has 1 aliphatic rings. The summed E-state index contributed by atoms with van der Waals surface area (Å²) in [6, 6.07) is 1.27. The van der Waals surface area contributed by atoms with Crippen LogP contribution in [0.15, 0.2) is 12.3 Å². The first-order valence-corrected chi connectivity index (χ1v) is 5.30. The normalized spacial score (nSPS) is 20.3. The van der Waals surface area contributed by atoms with Crippen LogP contribution >= 0.6 is 0 Å². The number of aliphatic hydroxyl groups is 1. The van der Waals surface area contributed by atoms with E-state index in [0.29, 0.717) is 25.7 Å². The highest BCUT2D eigenvalue weighted by Crippen LogP contribution is 2.14. The summed E-state index contributed by atoms with van der Waals surface area (Å²) in [7, 11) is 0. The lowest BCUT2D eigenvalue weighted by molar-refractivity contribution is 0.0718. The highest BCUT2D eigenvalue weighted by Gasteiger charge is 2.24. The van der Waals surface area contributed by atoms with Gasteiger partial charge in [0.05, 0.1) is 25.9 Å². The minimum atomic E-state index is -0.595. The fourth-order valence-corrected chi connectivity index (χ4v) is 1.69. The third kappa shape index (κ3) is 2.51. The first kappa shape index (κ1) is 11.7. The average molecular weight is 238 g/mol. The van der Waals surface area contributed by atoms with E-state index in [0.717, 1.165) is 0 Å². The molecule has 7 nitrogen and oxygen atoms in total. The average Bonchev–Trinajstić information content (AvgIpc) is 2.39. The second kappa shape index (κ2) is 5.07. The van der Waals surface area contributed by atoms with Crippen molar-refractivity contribution in [3.05, 3.63) is 18.0 Å². The van der Waals surface area contributed by atoms with Crippen LogP contribution in [0.3, 0.4) is 0 Å². The first-order valence-electron chi connectivity index (χ1n) is 5.30. The molecule has 17 heavy (non-hydrogen) atoms. The van der Waals surface area contributed by atoms with Crippen LogP contribution in [0.25, 0.3) is 0 Å². The molecular formula is C10H14N4O3. The van der Waals surface area contributed by atoms with Crippen LogP contribution in [0.5, 0.6) is 0 Å². The number of nitrogens with two attached hydrogens (primary N) is 1. The Morgan fingerprint density at radius 2 is 2.53 bits per heavy atom. The van der Waals surface area contributed by atoms with Crippen molar-refractivity contribution >= 4 is 11.9 Å². The summed E-state index contributed by atoms with van der Waals surface area (Å²) in [5, 5.41) is 9.23. The Labute approximate surface area is 98.2 Å². The fourth-order valence-electron chi connectivity index (χ4n) is 1.69. The zero-order valence-corrected chi connectivity index (χ0v) is 9.24. The van der Waals surface area contributed by atoms with Gasteiger partial charge in [0.25, 0.3) is 5.91 Å². The standard InChI is InChI=1S/C10H14N4O3/c11-9(16)8-1-2-12-10(13-8)14-3-4-17-6-7(14)5-15/h1-2,7,15H,3-6H2,(H2,11,16). The minimum absolute atomic E-state index is 0.0514. The number of rotatable bonds is 3. The van der Waals surface area contributed by atoms with Gasteiger partial charge in [0.2, 0.25) is 5.95 Å². The summed E-state index contributed by atoms with van der Waals surface area (Å²) >= 11 is 0. The van der Waals surface area contributed by atoms with Crippen molar-refractivity contribution in [3.8, 4) is 0 Å². The van der Waals surface area contributed by atoms with E-state index in [4.69, 9.17) is 10.5 Å². The molecule has 1 fully saturated rings. The molecule has 7 heteroatoms. The van der Waals surface area contributed by atoms with Crippen molar-refractivity contribution < 1.29 is 14.6 Å². The van der Waals surface area contributed by atoms with E-state index in [2.05, 4.69) is 9.97 Å². The molecule has 1 aliphatic heterocycles. The molecule has 0 aromatic carbocycles. The van der Waals surface area contributed by atoms with Gasteiger partial charge >= 0.3 is 0 Å². The van der Waals surface area contributed by atoms with Crippen molar-refractivity contribution in [2.24, 2.45) is 5.73 Å². The Morgan fingerprint density at radius 1 is 1.71 bits per heavy atom. The molecule has 1 unspecified atom stereocenters. The number of anilines is 1. The number of primary amides is 1. The summed E-state index contributed by atoms with van der Waals surface area (Å²) in [6.45, 7) is 1.49. The van der Waals surface area contributed by atoms with Crippen LogP contribution < -0.4 is 10.6 Å².